The second kappa shape index (κ2) is 12.5. The van der Waals surface area contributed by atoms with Crippen molar-refractivity contribution in [1.82, 2.24) is 4.98 Å². The van der Waals surface area contributed by atoms with Gasteiger partial charge in [-0.1, -0.05) is 6.07 Å². The Morgan fingerprint density at radius 1 is 0.854 bits per heavy atom. The summed E-state index contributed by atoms with van der Waals surface area (Å²) in [6, 6.07) is 2.80. The van der Waals surface area contributed by atoms with Crippen molar-refractivity contribution in [3.05, 3.63) is 86.9 Å². The van der Waals surface area contributed by atoms with Crippen LogP contribution in [0.1, 0.15) is 50.4 Å². The minimum absolute atomic E-state index is 0.201. The molecule has 0 bridgehead atoms. The quantitative estimate of drug-likeness (QED) is 0.244. The molecule has 1 aliphatic rings. The molecule has 0 aliphatic heterocycles. The van der Waals surface area contributed by atoms with Crippen molar-refractivity contribution in [1.29, 1.82) is 0 Å². The molecule has 5 nitrogen and oxygen atoms in total. The SMILES string of the molecule is O=C(Nc1c(Br)cc(C(F)(C(F)(F)F)C(F)(F)F)cc1C(F)(F)F)c1cccc(N(CC2CC2)C(=O)c2ccc(C(F)(F)F)nc2)c1F. The van der Waals surface area contributed by atoms with Gasteiger partial charge in [-0.05, 0) is 71.1 Å². The minimum Gasteiger partial charge on any atom is -0.320 e. The number of alkyl halides is 13. The summed E-state index contributed by atoms with van der Waals surface area (Å²) in [6.07, 6.45) is -22.5. The van der Waals surface area contributed by atoms with Crippen molar-refractivity contribution in [2.24, 2.45) is 5.92 Å². The largest absolute Gasteiger partial charge is 0.435 e. The topological polar surface area (TPSA) is 62.3 Å². The fourth-order valence-corrected chi connectivity index (χ4v) is 4.98. The number of hydrogen-bond acceptors (Lipinski definition) is 3. The summed E-state index contributed by atoms with van der Waals surface area (Å²) < 4.78 is 189. The average molecular weight is 772 g/mol. The first kappa shape index (κ1) is 36.9. The van der Waals surface area contributed by atoms with Gasteiger partial charge in [0.25, 0.3) is 11.8 Å². The summed E-state index contributed by atoms with van der Waals surface area (Å²) in [7, 11) is 0. The first-order valence-electron chi connectivity index (χ1n) is 13.1. The molecule has 3 aromatic rings. The van der Waals surface area contributed by atoms with Crippen LogP contribution in [-0.4, -0.2) is 35.7 Å². The molecule has 0 unspecified atom stereocenters. The standard InChI is InChI=1S/C28H16BrF14N3O2/c29-17-9-14(24(31,27(38,39)40)28(41,42)43)8-16(25(32,33)34)21(17)45-22(47)15-2-1-3-18(20(15)30)46(11-12-4-5-12)23(48)13-6-7-19(44-10-13)26(35,36)37/h1-3,6-10,12H,4-5,11H2,(H,45,47). The predicted octanol–water partition coefficient (Wildman–Crippen LogP) is 9.62. The number of anilines is 2. The second-order valence-electron chi connectivity index (χ2n) is 10.4. The lowest BCUT2D eigenvalue weighted by Gasteiger charge is -2.31. The van der Waals surface area contributed by atoms with Crippen LogP contribution >= 0.6 is 15.9 Å². The predicted molar refractivity (Wildman–Crippen MR) is 142 cm³/mol. The first-order valence-corrected chi connectivity index (χ1v) is 13.9. The molecule has 48 heavy (non-hydrogen) atoms. The van der Waals surface area contributed by atoms with Crippen LogP contribution in [0.2, 0.25) is 0 Å². The number of carbonyl (C=O) groups is 2. The third kappa shape index (κ3) is 7.21. The smallest absolute Gasteiger partial charge is 0.320 e. The van der Waals surface area contributed by atoms with E-state index in [2.05, 4.69) is 20.9 Å². The molecule has 1 aromatic heterocycles. The average Bonchev–Trinajstić information content (AvgIpc) is 3.78. The lowest BCUT2D eigenvalue weighted by Crippen LogP contribution is -2.50. The van der Waals surface area contributed by atoms with Crippen LogP contribution < -0.4 is 10.2 Å². The molecule has 1 aliphatic carbocycles. The molecule has 1 N–H and O–H groups in total. The van der Waals surface area contributed by atoms with Crippen LogP contribution in [-0.2, 0) is 18.0 Å². The summed E-state index contributed by atoms with van der Waals surface area (Å²) in [5.41, 5.74) is -16.2. The maximum atomic E-state index is 15.8. The Hall–Kier alpha value is -3.97. The Bertz CT molecular complexity index is 1700. The normalized spacial score (nSPS) is 14.6. The molecule has 4 rings (SSSR count). The zero-order chi connectivity index (χ0) is 36.2. The van der Waals surface area contributed by atoms with Crippen LogP contribution in [0.25, 0.3) is 0 Å². The Kier molecular flexibility index (Phi) is 9.59. The number of rotatable bonds is 7. The molecule has 1 heterocycles. The highest BCUT2D eigenvalue weighted by Gasteiger charge is 2.73. The fourth-order valence-electron chi connectivity index (χ4n) is 4.42. The van der Waals surface area contributed by atoms with Gasteiger partial charge in [0.05, 0.1) is 28.1 Å². The zero-order valence-corrected chi connectivity index (χ0v) is 24.8. The van der Waals surface area contributed by atoms with E-state index in [0.29, 0.717) is 31.2 Å². The lowest BCUT2D eigenvalue weighted by atomic mass is 9.92. The van der Waals surface area contributed by atoms with Gasteiger partial charge in [0.15, 0.2) is 5.82 Å². The van der Waals surface area contributed by atoms with Crippen LogP contribution in [0, 0.1) is 11.7 Å². The van der Waals surface area contributed by atoms with Crippen LogP contribution in [0.15, 0.2) is 53.1 Å². The molecule has 0 spiro atoms. The number of nitrogens with zero attached hydrogens (tertiary/aromatic N) is 2. The highest BCUT2D eigenvalue weighted by molar-refractivity contribution is 9.10. The van der Waals surface area contributed by atoms with Crippen molar-refractivity contribution in [3.8, 4) is 0 Å². The molecule has 0 radical (unpaired) electrons. The summed E-state index contributed by atoms with van der Waals surface area (Å²) >= 11 is 2.33. The third-order valence-corrected chi connectivity index (χ3v) is 7.64. The number of nitrogens with one attached hydrogen (secondary N) is 1. The van der Waals surface area contributed by atoms with Gasteiger partial charge < -0.3 is 10.2 Å². The molecule has 0 atom stereocenters. The van der Waals surface area contributed by atoms with Crippen molar-refractivity contribution in [3.63, 3.8) is 0 Å². The molecular weight excluding hydrogens is 756 g/mol. The van der Waals surface area contributed by atoms with Crippen LogP contribution in [0.3, 0.4) is 0 Å². The molecular formula is C28H16BrF14N3O2. The van der Waals surface area contributed by atoms with E-state index >= 15 is 4.39 Å². The summed E-state index contributed by atoms with van der Waals surface area (Å²) in [6.45, 7) is -0.212. The molecule has 1 fully saturated rings. The summed E-state index contributed by atoms with van der Waals surface area (Å²) in [5, 5.41) is 1.55. The number of benzene rings is 2. The van der Waals surface area contributed by atoms with Gasteiger partial charge in [0.1, 0.15) is 5.69 Å². The highest BCUT2D eigenvalue weighted by Crippen LogP contribution is 2.55. The Morgan fingerprint density at radius 2 is 1.46 bits per heavy atom. The molecule has 2 aromatic carbocycles. The van der Waals surface area contributed by atoms with E-state index in [-0.39, 0.29) is 18.5 Å². The first-order chi connectivity index (χ1) is 21.9. The van der Waals surface area contributed by atoms with Crippen molar-refractivity contribution >= 4 is 39.1 Å². The van der Waals surface area contributed by atoms with E-state index < -0.39 is 97.9 Å². The van der Waals surface area contributed by atoms with Crippen LogP contribution in [0.5, 0.6) is 0 Å². The lowest BCUT2D eigenvalue weighted by molar-refractivity contribution is -0.348. The van der Waals surface area contributed by atoms with E-state index in [1.807, 2.05) is 0 Å². The molecule has 260 valence electrons. The van der Waals surface area contributed by atoms with E-state index in [4.69, 9.17) is 0 Å². The number of amides is 2. The van der Waals surface area contributed by atoms with Gasteiger partial charge in [-0.2, -0.15) is 52.7 Å². The number of pyridine rings is 1. The maximum Gasteiger partial charge on any atom is 0.435 e. The minimum atomic E-state index is -6.78. The van der Waals surface area contributed by atoms with E-state index in [1.54, 1.807) is 5.32 Å². The number of aromatic nitrogens is 1. The van der Waals surface area contributed by atoms with Gasteiger partial charge >= 0.3 is 30.4 Å². The van der Waals surface area contributed by atoms with Crippen molar-refractivity contribution in [2.75, 3.05) is 16.8 Å². The number of halogens is 15. The zero-order valence-electron chi connectivity index (χ0n) is 23.2. The molecule has 1 saturated carbocycles. The molecule has 2 amide bonds. The van der Waals surface area contributed by atoms with Crippen molar-refractivity contribution < 1.29 is 71.1 Å². The Balaban J connectivity index is 1.75. The fraction of sp³-hybridized carbons (Fsp3) is 0.321. The van der Waals surface area contributed by atoms with E-state index in [1.165, 1.54) is 0 Å². The van der Waals surface area contributed by atoms with Gasteiger partial charge in [-0.25, -0.2) is 8.78 Å². The van der Waals surface area contributed by atoms with Gasteiger partial charge in [-0.3, -0.25) is 14.6 Å². The number of hydrogen-bond donors (Lipinski definition) is 1. The summed E-state index contributed by atoms with van der Waals surface area (Å²) in [5.74, 6) is -4.54. The van der Waals surface area contributed by atoms with E-state index in [9.17, 15) is 66.7 Å². The van der Waals surface area contributed by atoms with Gasteiger partial charge in [0.2, 0.25) is 0 Å². The Labute approximate surface area is 268 Å². The van der Waals surface area contributed by atoms with Gasteiger partial charge in [0, 0.05) is 22.8 Å². The maximum absolute atomic E-state index is 15.8. The second-order valence-corrected chi connectivity index (χ2v) is 11.3. The molecule has 0 saturated heterocycles. The van der Waals surface area contributed by atoms with Crippen LogP contribution in [0.4, 0.5) is 72.8 Å². The highest BCUT2D eigenvalue weighted by atomic mass is 79.9. The monoisotopic (exact) mass is 771 g/mol. The van der Waals surface area contributed by atoms with E-state index in [0.717, 1.165) is 23.1 Å². The molecule has 20 heteroatoms. The van der Waals surface area contributed by atoms with Gasteiger partial charge in [-0.15, -0.1) is 0 Å². The third-order valence-electron chi connectivity index (χ3n) is 7.01. The summed E-state index contributed by atoms with van der Waals surface area (Å²) in [4.78, 5) is 30.2. The Morgan fingerprint density at radius 3 is 1.94 bits per heavy atom. The number of carbonyl (C=O) groups excluding carboxylic acids is 2. The van der Waals surface area contributed by atoms with Crippen molar-refractivity contribution in [2.45, 2.75) is 43.2 Å².